The molecular formula is C26H52O2Si. The lowest BCUT2D eigenvalue weighted by molar-refractivity contribution is -0.107. The quantitative estimate of drug-likeness (QED) is 0.107. The van der Waals surface area contributed by atoms with Crippen LogP contribution in [0.25, 0.3) is 0 Å². The Labute approximate surface area is 185 Å². The van der Waals surface area contributed by atoms with Crippen molar-refractivity contribution in [3.8, 4) is 0 Å². The van der Waals surface area contributed by atoms with Crippen LogP contribution in [-0.4, -0.2) is 28.5 Å². The third kappa shape index (κ3) is 17.2. The molecule has 2 nitrogen and oxygen atoms in total. The third-order valence-electron chi connectivity index (χ3n) is 6.75. The van der Waals surface area contributed by atoms with Gasteiger partial charge in [-0.1, -0.05) is 116 Å². The summed E-state index contributed by atoms with van der Waals surface area (Å²) in [6.07, 6.45) is 29.0. The first-order valence-corrected chi connectivity index (χ1v) is 15.3. The van der Waals surface area contributed by atoms with Crippen molar-refractivity contribution in [1.82, 2.24) is 0 Å². The van der Waals surface area contributed by atoms with Gasteiger partial charge >= 0.3 is 0 Å². The Bertz CT molecular complexity index is 342. The lowest BCUT2D eigenvalue weighted by Gasteiger charge is -2.21. The van der Waals surface area contributed by atoms with Crippen molar-refractivity contribution < 1.29 is 9.53 Å². The van der Waals surface area contributed by atoms with E-state index >= 15 is 0 Å². The highest BCUT2D eigenvalue weighted by Crippen LogP contribution is 2.21. The van der Waals surface area contributed by atoms with E-state index in [2.05, 4.69) is 6.92 Å². The molecule has 0 aromatic carbocycles. The summed E-state index contributed by atoms with van der Waals surface area (Å²) in [6.45, 7) is 3.25. The van der Waals surface area contributed by atoms with Crippen LogP contribution in [0.15, 0.2) is 0 Å². The molecule has 0 heterocycles. The SMILES string of the molecule is CCCC[SiH2]C(C=O)CCCCCCCCCCCCCCOC1CCCCC1. The van der Waals surface area contributed by atoms with Crippen LogP contribution in [0.5, 0.6) is 0 Å². The second kappa shape index (κ2) is 21.1. The summed E-state index contributed by atoms with van der Waals surface area (Å²) in [5, 5.41) is 0. The van der Waals surface area contributed by atoms with Gasteiger partial charge in [-0.25, -0.2) is 0 Å². The van der Waals surface area contributed by atoms with Gasteiger partial charge in [0.2, 0.25) is 0 Å². The molecule has 0 aliphatic heterocycles. The molecule has 0 aromatic heterocycles. The van der Waals surface area contributed by atoms with E-state index in [4.69, 9.17) is 4.74 Å². The molecule has 1 unspecified atom stereocenters. The molecule has 0 radical (unpaired) electrons. The highest BCUT2D eigenvalue weighted by atomic mass is 28.2. The summed E-state index contributed by atoms with van der Waals surface area (Å²) >= 11 is 0. The van der Waals surface area contributed by atoms with Gasteiger partial charge in [0.05, 0.1) is 6.10 Å². The average molecular weight is 425 g/mol. The van der Waals surface area contributed by atoms with Gasteiger partial charge in [0.25, 0.3) is 0 Å². The van der Waals surface area contributed by atoms with Crippen molar-refractivity contribution >= 4 is 15.8 Å². The molecule has 172 valence electrons. The number of carbonyl (C=O) groups is 1. The Kier molecular flexibility index (Phi) is 19.6. The Morgan fingerprint density at radius 2 is 1.34 bits per heavy atom. The first kappa shape index (κ1) is 26.9. The van der Waals surface area contributed by atoms with Gasteiger partial charge in [-0.15, -0.1) is 0 Å². The lowest BCUT2D eigenvalue weighted by atomic mass is 9.98. The second-order valence-electron chi connectivity index (χ2n) is 9.55. The fourth-order valence-electron chi connectivity index (χ4n) is 4.70. The number of unbranched alkanes of at least 4 members (excludes halogenated alkanes) is 12. The molecular weight excluding hydrogens is 372 g/mol. The molecule has 1 saturated carbocycles. The Morgan fingerprint density at radius 1 is 0.793 bits per heavy atom. The van der Waals surface area contributed by atoms with Gasteiger partial charge in [0.1, 0.15) is 6.29 Å². The second-order valence-corrected chi connectivity index (χ2v) is 11.9. The first-order valence-electron chi connectivity index (χ1n) is 13.4. The van der Waals surface area contributed by atoms with Crippen LogP contribution < -0.4 is 0 Å². The van der Waals surface area contributed by atoms with E-state index in [0.29, 0.717) is 11.6 Å². The van der Waals surface area contributed by atoms with Crippen LogP contribution in [0.1, 0.15) is 135 Å². The Hall–Kier alpha value is -0.153. The molecule has 0 saturated heterocycles. The van der Waals surface area contributed by atoms with Crippen molar-refractivity contribution in [1.29, 1.82) is 0 Å². The fraction of sp³-hybridized carbons (Fsp3) is 0.962. The molecule has 1 aliphatic carbocycles. The van der Waals surface area contributed by atoms with Crippen molar-refractivity contribution in [3.63, 3.8) is 0 Å². The molecule has 0 spiro atoms. The zero-order valence-corrected chi connectivity index (χ0v) is 21.2. The third-order valence-corrected chi connectivity index (χ3v) is 9.00. The standard InChI is InChI=1S/C26H52O2Si/c1-2-3-23-29-26(24-27)21-17-12-10-8-6-4-5-7-9-11-13-18-22-28-25-19-15-14-16-20-25/h24-26H,2-23,29H2,1H3. The van der Waals surface area contributed by atoms with E-state index in [9.17, 15) is 4.79 Å². The summed E-state index contributed by atoms with van der Waals surface area (Å²) in [6, 6.07) is 1.37. The maximum Gasteiger partial charge on any atom is 0.119 e. The molecule has 0 N–H and O–H groups in total. The highest BCUT2D eigenvalue weighted by Gasteiger charge is 2.12. The van der Waals surface area contributed by atoms with Crippen LogP contribution in [0, 0.1) is 0 Å². The van der Waals surface area contributed by atoms with Crippen LogP contribution in [-0.2, 0) is 9.53 Å². The number of ether oxygens (including phenoxy) is 1. The zero-order valence-electron chi connectivity index (χ0n) is 19.8. The maximum absolute atomic E-state index is 11.2. The molecule has 1 rings (SSSR count). The monoisotopic (exact) mass is 424 g/mol. The van der Waals surface area contributed by atoms with Gasteiger partial charge in [-0.3, -0.25) is 0 Å². The van der Waals surface area contributed by atoms with Gasteiger partial charge in [0.15, 0.2) is 0 Å². The maximum atomic E-state index is 11.2. The largest absolute Gasteiger partial charge is 0.378 e. The van der Waals surface area contributed by atoms with Crippen molar-refractivity contribution in [2.24, 2.45) is 0 Å². The molecule has 0 aromatic rings. The number of hydrogen-bond donors (Lipinski definition) is 0. The summed E-state index contributed by atoms with van der Waals surface area (Å²) in [7, 11) is -0.129. The first-order chi connectivity index (χ1) is 14.4. The Balaban J connectivity index is 1.72. The molecule has 1 fully saturated rings. The summed E-state index contributed by atoms with van der Waals surface area (Å²) in [4.78, 5) is 11.2. The zero-order chi connectivity index (χ0) is 20.8. The van der Waals surface area contributed by atoms with Crippen LogP contribution >= 0.6 is 0 Å². The smallest absolute Gasteiger partial charge is 0.119 e. The summed E-state index contributed by atoms with van der Waals surface area (Å²) < 4.78 is 6.01. The minimum atomic E-state index is -0.129. The molecule has 0 amide bonds. The normalized spacial score (nSPS) is 16.6. The van der Waals surface area contributed by atoms with Gasteiger partial charge < -0.3 is 9.53 Å². The number of hydrogen-bond acceptors (Lipinski definition) is 2. The fourth-order valence-corrected chi connectivity index (χ4v) is 6.72. The van der Waals surface area contributed by atoms with Crippen LogP contribution in [0.4, 0.5) is 0 Å². The average Bonchev–Trinajstić information content (AvgIpc) is 2.76. The Morgan fingerprint density at radius 3 is 1.90 bits per heavy atom. The summed E-state index contributed by atoms with van der Waals surface area (Å²) in [5.74, 6) is 0. The van der Waals surface area contributed by atoms with E-state index in [1.807, 2.05) is 0 Å². The van der Waals surface area contributed by atoms with E-state index in [0.717, 1.165) is 6.61 Å². The van der Waals surface area contributed by atoms with Crippen molar-refractivity contribution in [3.05, 3.63) is 0 Å². The van der Waals surface area contributed by atoms with E-state index in [-0.39, 0.29) is 9.52 Å². The number of carbonyl (C=O) groups excluding carboxylic acids is 1. The summed E-state index contributed by atoms with van der Waals surface area (Å²) in [5.41, 5.74) is 0.473. The molecule has 29 heavy (non-hydrogen) atoms. The molecule has 3 heteroatoms. The minimum Gasteiger partial charge on any atom is -0.378 e. The predicted molar refractivity (Wildman–Crippen MR) is 131 cm³/mol. The van der Waals surface area contributed by atoms with E-state index in [1.165, 1.54) is 141 Å². The van der Waals surface area contributed by atoms with E-state index in [1.54, 1.807) is 0 Å². The number of aldehydes is 1. The highest BCUT2D eigenvalue weighted by molar-refractivity contribution is 6.42. The minimum absolute atomic E-state index is 0.129. The van der Waals surface area contributed by atoms with Gasteiger partial charge in [0, 0.05) is 21.7 Å². The van der Waals surface area contributed by atoms with Crippen LogP contribution in [0.3, 0.4) is 0 Å². The molecule has 1 atom stereocenters. The van der Waals surface area contributed by atoms with Gasteiger partial charge in [-0.2, -0.15) is 0 Å². The van der Waals surface area contributed by atoms with Crippen molar-refractivity contribution in [2.75, 3.05) is 6.61 Å². The van der Waals surface area contributed by atoms with Crippen molar-refractivity contribution in [2.45, 2.75) is 153 Å². The molecule has 1 aliphatic rings. The van der Waals surface area contributed by atoms with Gasteiger partial charge in [-0.05, 0) is 25.7 Å². The van der Waals surface area contributed by atoms with Crippen LogP contribution in [0.2, 0.25) is 11.6 Å². The number of rotatable bonds is 21. The lowest BCUT2D eigenvalue weighted by Crippen LogP contribution is -2.17. The van der Waals surface area contributed by atoms with E-state index < -0.39 is 0 Å². The molecule has 0 bridgehead atoms. The topological polar surface area (TPSA) is 26.3 Å². The predicted octanol–water partition coefficient (Wildman–Crippen LogP) is 7.78.